The van der Waals surface area contributed by atoms with Crippen molar-refractivity contribution < 1.29 is 28.6 Å². The van der Waals surface area contributed by atoms with E-state index in [1.165, 1.54) is 4.90 Å². The molecule has 7 nitrogen and oxygen atoms in total. The molecule has 2 aliphatic rings. The van der Waals surface area contributed by atoms with Crippen LogP contribution in [0, 0.1) is 0 Å². The van der Waals surface area contributed by atoms with Crippen LogP contribution in [0.3, 0.4) is 0 Å². The lowest BCUT2D eigenvalue weighted by Gasteiger charge is -2.27. The molecule has 1 saturated heterocycles. The van der Waals surface area contributed by atoms with Crippen LogP contribution in [0.2, 0.25) is 0 Å². The SMILES string of the molecule is CC(C)(C)OC(=O)N1CCC[C@H]1C(=O)OCC(=O)c1ccc2c(c1)COc1cc(Br)ccc1-2. The summed E-state index contributed by atoms with van der Waals surface area (Å²) in [6.07, 6.45) is 0.614. The van der Waals surface area contributed by atoms with Gasteiger partial charge in [0.15, 0.2) is 12.4 Å². The van der Waals surface area contributed by atoms with Crippen LogP contribution < -0.4 is 4.74 Å². The third-order valence-electron chi connectivity index (χ3n) is 5.54. The number of ether oxygens (including phenoxy) is 3. The van der Waals surface area contributed by atoms with E-state index >= 15 is 0 Å². The summed E-state index contributed by atoms with van der Waals surface area (Å²) in [5.74, 6) is -0.113. The maximum absolute atomic E-state index is 12.7. The van der Waals surface area contributed by atoms with Crippen LogP contribution in [0.1, 0.15) is 49.5 Å². The lowest BCUT2D eigenvalue weighted by Crippen LogP contribution is -2.44. The Morgan fingerprint density at radius 1 is 1.12 bits per heavy atom. The largest absolute Gasteiger partial charge is 0.488 e. The molecule has 2 aromatic carbocycles. The van der Waals surface area contributed by atoms with Crippen LogP contribution in [-0.2, 0) is 20.9 Å². The van der Waals surface area contributed by atoms with E-state index in [1.807, 2.05) is 24.3 Å². The number of carbonyl (C=O) groups is 3. The maximum Gasteiger partial charge on any atom is 0.411 e. The minimum atomic E-state index is -0.736. The first-order valence-corrected chi connectivity index (χ1v) is 11.7. The summed E-state index contributed by atoms with van der Waals surface area (Å²) >= 11 is 3.44. The molecule has 1 fully saturated rings. The van der Waals surface area contributed by atoms with E-state index in [0.717, 1.165) is 26.9 Å². The second-order valence-electron chi connectivity index (χ2n) is 9.16. The first-order valence-electron chi connectivity index (χ1n) is 10.9. The predicted molar refractivity (Wildman–Crippen MR) is 125 cm³/mol. The van der Waals surface area contributed by atoms with E-state index in [0.29, 0.717) is 31.6 Å². The van der Waals surface area contributed by atoms with Crippen molar-refractivity contribution in [1.29, 1.82) is 0 Å². The summed E-state index contributed by atoms with van der Waals surface area (Å²) in [4.78, 5) is 39.1. The average molecular weight is 516 g/mol. The number of nitrogens with zero attached hydrogens (tertiary/aromatic N) is 1. The van der Waals surface area contributed by atoms with Crippen molar-refractivity contribution >= 4 is 33.8 Å². The van der Waals surface area contributed by atoms with Gasteiger partial charge >= 0.3 is 12.1 Å². The Bertz CT molecular complexity index is 1110. The van der Waals surface area contributed by atoms with Crippen LogP contribution in [0.15, 0.2) is 40.9 Å². The second-order valence-corrected chi connectivity index (χ2v) is 10.1. The molecule has 0 radical (unpaired) electrons. The zero-order valence-electron chi connectivity index (χ0n) is 18.9. The summed E-state index contributed by atoms with van der Waals surface area (Å²) in [6.45, 7) is 5.70. The summed E-state index contributed by atoms with van der Waals surface area (Å²) in [5, 5.41) is 0. The monoisotopic (exact) mass is 515 g/mol. The highest BCUT2D eigenvalue weighted by atomic mass is 79.9. The molecule has 0 aromatic heterocycles. The summed E-state index contributed by atoms with van der Waals surface area (Å²) in [7, 11) is 0. The van der Waals surface area contributed by atoms with Crippen LogP contribution in [0.25, 0.3) is 11.1 Å². The molecule has 0 saturated carbocycles. The molecule has 0 aliphatic carbocycles. The first-order chi connectivity index (χ1) is 15.6. The van der Waals surface area contributed by atoms with Gasteiger partial charge in [-0.05, 0) is 69.0 Å². The average Bonchev–Trinajstić information content (AvgIpc) is 3.25. The third-order valence-corrected chi connectivity index (χ3v) is 6.04. The van der Waals surface area contributed by atoms with Crippen molar-refractivity contribution in [1.82, 2.24) is 4.90 Å². The van der Waals surface area contributed by atoms with Gasteiger partial charge in [0, 0.05) is 22.1 Å². The quantitative estimate of drug-likeness (QED) is 0.414. The lowest BCUT2D eigenvalue weighted by molar-refractivity contribution is -0.147. The fourth-order valence-corrected chi connectivity index (χ4v) is 4.35. The molecule has 1 atom stereocenters. The van der Waals surface area contributed by atoms with Gasteiger partial charge in [-0.15, -0.1) is 0 Å². The molecule has 8 heteroatoms. The van der Waals surface area contributed by atoms with Gasteiger partial charge in [-0.25, -0.2) is 9.59 Å². The number of likely N-dealkylation sites (tertiary alicyclic amines) is 1. The third kappa shape index (κ3) is 5.21. The van der Waals surface area contributed by atoms with Crippen molar-refractivity contribution in [2.24, 2.45) is 0 Å². The van der Waals surface area contributed by atoms with Crippen molar-refractivity contribution in [3.8, 4) is 16.9 Å². The Balaban J connectivity index is 1.40. The number of Topliss-reactive ketones (excluding diaryl/α,β-unsaturated/α-hetero) is 1. The Morgan fingerprint density at radius 3 is 2.64 bits per heavy atom. The van der Waals surface area contributed by atoms with Crippen LogP contribution in [-0.4, -0.2) is 47.5 Å². The van der Waals surface area contributed by atoms with E-state index < -0.39 is 23.7 Å². The molecule has 33 heavy (non-hydrogen) atoms. The molecule has 0 unspecified atom stereocenters. The number of amides is 1. The minimum absolute atomic E-state index is 0.311. The molecule has 2 aliphatic heterocycles. The highest BCUT2D eigenvalue weighted by molar-refractivity contribution is 9.10. The van der Waals surface area contributed by atoms with Gasteiger partial charge in [0.25, 0.3) is 0 Å². The van der Waals surface area contributed by atoms with E-state index in [1.54, 1.807) is 32.9 Å². The topological polar surface area (TPSA) is 82.1 Å². The van der Waals surface area contributed by atoms with Crippen molar-refractivity contribution in [3.05, 3.63) is 52.0 Å². The van der Waals surface area contributed by atoms with E-state index in [-0.39, 0.29) is 12.4 Å². The molecule has 2 heterocycles. The molecule has 2 aromatic rings. The van der Waals surface area contributed by atoms with Crippen molar-refractivity contribution in [2.45, 2.75) is 51.9 Å². The van der Waals surface area contributed by atoms with Crippen LogP contribution in [0.5, 0.6) is 5.75 Å². The van der Waals surface area contributed by atoms with Gasteiger partial charge in [-0.2, -0.15) is 0 Å². The number of hydrogen-bond donors (Lipinski definition) is 0. The predicted octanol–water partition coefficient (Wildman–Crippen LogP) is 5.13. The maximum atomic E-state index is 12.7. The first kappa shape index (κ1) is 23.3. The number of halogens is 1. The van der Waals surface area contributed by atoms with Crippen molar-refractivity contribution in [2.75, 3.05) is 13.2 Å². The molecule has 0 spiro atoms. The zero-order valence-corrected chi connectivity index (χ0v) is 20.4. The van der Waals surface area contributed by atoms with Crippen LogP contribution in [0.4, 0.5) is 4.79 Å². The lowest BCUT2D eigenvalue weighted by atomic mass is 9.94. The molecule has 0 bridgehead atoms. The number of benzene rings is 2. The molecular formula is C25H26BrNO6. The van der Waals surface area contributed by atoms with Gasteiger partial charge in [-0.3, -0.25) is 9.69 Å². The Kier molecular flexibility index (Phi) is 6.47. The standard InChI is InChI=1S/C25H26BrNO6/c1-25(2,3)33-24(30)27-10-4-5-20(27)23(29)32-14-21(28)15-6-8-18-16(11-15)13-31-22-12-17(26)7-9-19(18)22/h6-9,11-12,20H,4-5,10,13-14H2,1-3H3/t20-/m0/s1. The number of esters is 1. The zero-order chi connectivity index (χ0) is 23.8. The number of fused-ring (bicyclic) bond motifs is 3. The molecule has 4 rings (SSSR count). The number of hydrogen-bond acceptors (Lipinski definition) is 6. The van der Waals surface area contributed by atoms with E-state index in [2.05, 4.69) is 15.9 Å². The molecule has 1 amide bonds. The summed E-state index contributed by atoms with van der Waals surface area (Å²) < 4.78 is 17.4. The number of ketones is 1. The summed E-state index contributed by atoms with van der Waals surface area (Å²) in [6, 6.07) is 10.5. The number of carbonyl (C=O) groups excluding carboxylic acids is 3. The molecule has 0 N–H and O–H groups in total. The van der Waals surface area contributed by atoms with E-state index in [4.69, 9.17) is 14.2 Å². The second kappa shape index (κ2) is 9.17. The Labute approximate surface area is 201 Å². The fraction of sp³-hybridized carbons (Fsp3) is 0.400. The van der Waals surface area contributed by atoms with Crippen molar-refractivity contribution in [3.63, 3.8) is 0 Å². The number of rotatable bonds is 4. The van der Waals surface area contributed by atoms with Gasteiger partial charge in [-0.1, -0.05) is 28.1 Å². The normalized spacial score (nSPS) is 17.0. The van der Waals surface area contributed by atoms with Gasteiger partial charge < -0.3 is 14.2 Å². The highest BCUT2D eigenvalue weighted by Gasteiger charge is 2.37. The fourth-order valence-electron chi connectivity index (χ4n) is 4.01. The van der Waals surface area contributed by atoms with Gasteiger partial charge in [0.05, 0.1) is 0 Å². The minimum Gasteiger partial charge on any atom is -0.488 e. The van der Waals surface area contributed by atoms with Crippen LogP contribution >= 0.6 is 15.9 Å². The Hall–Kier alpha value is -2.87. The van der Waals surface area contributed by atoms with E-state index in [9.17, 15) is 14.4 Å². The molecular weight excluding hydrogens is 490 g/mol. The van der Waals surface area contributed by atoms with Gasteiger partial charge in [0.1, 0.15) is 24.0 Å². The van der Waals surface area contributed by atoms with Gasteiger partial charge in [0.2, 0.25) is 0 Å². The highest BCUT2D eigenvalue weighted by Crippen LogP contribution is 2.39. The molecule has 174 valence electrons. The Morgan fingerprint density at radius 2 is 1.88 bits per heavy atom. The smallest absolute Gasteiger partial charge is 0.411 e. The summed E-state index contributed by atoms with van der Waals surface area (Å²) in [5.41, 5.74) is 2.66.